The first kappa shape index (κ1) is 103. The first-order valence-corrected chi connectivity index (χ1v) is 45.1. The van der Waals surface area contributed by atoms with E-state index in [9.17, 15) is 14.4 Å². The van der Waals surface area contributed by atoms with Crippen molar-refractivity contribution in [3.05, 3.63) is 180 Å². The van der Waals surface area contributed by atoms with Crippen LogP contribution in [0, 0.1) is 32.5 Å². The molecule has 0 saturated carbocycles. The van der Waals surface area contributed by atoms with E-state index >= 15 is 38.4 Å². The average Bonchev–Trinajstić information content (AvgIpc) is 1.73. The van der Waals surface area contributed by atoms with Gasteiger partial charge in [-0.25, -0.2) is 0 Å². The number of hydrogen-bond donors (Lipinski definition) is 35. The maximum atomic E-state index is 15.8. The number of guanidine groups is 6. The Bertz CT molecular complexity index is 5940. The van der Waals surface area contributed by atoms with Crippen LogP contribution in [0.5, 0.6) is 0 Å². The van der Waals surface area contributed by atoms with Crippen LogP contribution in [0.4, 0.5) is 0 Å². The van der Waals surface area contributed by atoms with Crippen molar-refractivity contribution in [1.29, 1.82) is 32.5 Å². The van der Waals surface area contributed by atoms with Gasteiger partial charge in [-0.15, -0.1) is 0 Å². The fourth-order valence-corrected chi connectivity index (χ4v) is 16.1. The van der Waals surface area contributed by atoms with Crippen molar-refractivity contribution in [2.75, 3.05) is 39.3 Å². The van der Waals surface area contributed by atoms with Crippen LogP contribution in [-0.2, 0) is 84.8 Å². The Morgan fingerprint density at radius 1 is 0.234 bits per heavy atom. The molecule has 0 unspecified atom stereocenters. The topological polar surface area (TPSA) is 810 Å². The molecule has 0 bridgehead atoms. The molecule has 43 N–H and O–H groups in total. The van der Waals surface area contributed by atoms with Crippen LogP contribution in [0.2, 0.25) is 0 Å². The van der Waals surface area contributed by atoms with E-state index in [0.717, 1.165) is 10.9 Å². The van der Waals surface area contributed by atoms with Crippen LogP contribution in [0.3, 0.4) is 0 Å². The van der Waals surface area contributed by atoms with Gasteiger partial charge in [0.25, 0.3) is 0 Å². The molecular formula is C91H125N35O11. The highest BCUT2D eigenvalue weighted by Crippen LogP contribution is 2.26. The Labute approximate surface area is 787 Å². The number of aromatic amines is 5. The summed E-state index contributed by atoms with van der Waals surface area (Å²) >= 11 is 0. The van der Waals surface area contributed by atoms with Crippen LogP contribution in [0.15, 0.2) is 152 Å². The molecule has 0 radical (unpaired) electrons. The number of hydrogen-bond acceptors (Lipinski definition) is 18. The van der Waals surface area contributed by atoms with E-state index in [4.69, 9.17) is 78.3 Å². The zero-order chi connectivity index (χ0) is 98.6. The van der Waals surface area contributed by atoms with Gasteiger partial charge < -0.3 is 156 Å². The van der Waals surface area contributed by atoms with E-state index in [-0.39, 0.29) is 154 Å². The summed E-state index contributed by atoms with van der Waals surface area (Å²) in [6, 6.07) is 19.6. The number of benzene rings is 5. The Balaban J connectivity index is 0.958. The molecule has 730 valence electrons. The maximum absolute atomic E-state index is 15.8. The number of para-hydroxylation sites is 5. The number of aromatic nitrogens is 5. The highest BCUT2D eigenvalue weighted by Gasteiger charge is 2.38. The fraction of sp³-hybridized carbons (Fsp3) is 0.374. The van der Waals surface area contributed by atoms with E-state index in [1.807, 2.05) is 48.5 Å². The van der Waals surface area contributed by atoms with Crippen LogP contribution in [0.25, 0.3) is 54.5 Å². The first-order valence-electron chi connectivity index (χ1n) is 45.1. The number of fused-ring (bicyclic) bond motifs is 5. The van der Waals surface area contributed by atoms with Crippen molar-refractivity contribution in [2.24, 2.45) is 45.9 Å². The number of nitrogens with one attached hydrogen (secondary N) is 27. The summed E-state index contributed by atoms with van der Waals surface area (Å²) in [7, 11) is 0. The van der Waals surface area contributed by atoms with Crippen molar-refractivity contribution < 1.29 is 52.7 Å². The lowest BCUT2D eigenvalue weighted by molar-refractivity contribution is -0.136. The van der Waals surface area contributed by atoms with Crippen LogP contribution in [-0.4, -0.2) is 231 Å². The zero-order valence-corrected chi connectivity index (χ0v) is 75.7. The van der Waals surface area contributed by atoms with Crippen LogP contribution in [0.1, 0.15) is 105 Å². The molecular weight excluding hydrogens is 1760 g/mol. The number of nitrogens with two attached hydrogens (primary N) is 8. The summed E-state index contributed by atoms with van der Waals surface area (Å²) in [5, 5.41) is 94.5. The van der Waals surface area contributed by atoms with E-state index in [1.54, 1.807) is 104 Å². The summed E-state index contributed by atoms with van der Waals surface area (Å²) in [6.07, 6.45) is 7.14. The summed E-state index contributed by atoms with van der Waals surface area (Å²) < 4.78 is 0. The molecule has 0 aliphatic heterocycles. The van der Waals surface area contributed by atoms with Gasteiger partial charge in [0.15, 0.2) is 35.8 Å². The second-order valence-corrected chi connectivity index (χ2v) is 33.3. The van der Waals surface area contributed by atoms with Crippen molar-refractivity contribution in [3.63, 3.8) is 0 Å². The number of carbonyl (C=O) groups is 11. The molecule has 0 fully saturated rings. The van der Waals surface area contributed by atoms with Crippen molar-refractivity contribution in [3.8, 4) is 0 Å². The highest BCUT2D eigenvalue weighted by molar-refractivity contribution is 6.01. The molecule has 5 heterocycles. The highest BCUT2D eigenvalue weighted by atomic mass is 16.2. The lowest BCUT2D eigenvalue weighted by Gasteiger charge is -2.29. The summed E-state index contributed by atoms with van der Waals surface area (Å²) in [4.78, 5) is 182. The van der Waals surface area contributed by atoms with Gasteiger partial charge >= 0.3 is 0 Å². The lowest BCUT2D eigenvalue weighted by Crippen LogP contribution is -2.61. The number of primary amides is 1. The second kappa shape index (κ2) is 51.0. The Morgan fingerprint density at radius 3 is 0.606 bits per heavy atom. The van der Waals surface area contributed by atoms with Crippen LogP contribution < -0.4 is 131 Å². The third-order valence-corrected chi connectivity index (χ3v) is 23.1. The van der Waals surface area contributed by atoms with Gasteiger partial charge in [0.2, 0.25) is 65.0 Å². The minimum Gasteiger partial charge on any atom is -0.370 e. The van der Waals surface area contributed by atoms with E-state index in [1.165, 1.54) is 0 Å². The van der Waals surface area contributed by atoms with Crippen LogP contribution >= 0.6 is 0 Å². The summed E-state index contributed by atoms with van der Waals surface area (Å²) in [6.45, 7) is 0.310. The molecule has 5 aromatic carbocycles. The molecule has 11 atom stereocenters. The van der Waals surface area contributed by atoms with E-state index in [0.29, 0.717) is 77.8 Å². The van der Waals surface area contributed by atoms with Crippen molar-refractivity contribution in [1.82, 2.24) is 110 Å². The average molecular weight is 1890 g/mol. The van der Waals surface area contributed by atoms with Gasteiger partial charge in [0.1, 0.15) is 60.4 Å². The zero-order valence-electron chi connectivity index (χ0n) is 75.7. The predicted octanol–water partition coefficient (Wildman–Crippen LogP) is -2.15. The van der Waals surface area contributed by atoms with Crippen molar-refractivity contribution in [2.45, 2.75) is 176 Å². The normalized spacial score (nSPS) is 13.6. The van der Waals surface area contributed by atoms with Gasteiger partial charge in [-0.3, -0.25) is 85.2 Å². The van der Waals surface area contributed by atoms with Gasteiger partial charge in [0.05, 0.1) is 6.04 Å². The van der Waals surface area contributed by atoms with Gasteiger partial charge in [-0.1, -0.05) is 91.0 Å². The fourth-order valence-electron chi connectivity index (χ4n) is 16.1. The monoisotopic (exact) mass is 1880 g/mol. The Morgan fingerprint density at radius 2 is 0.401 bits per heavy atom. The van der Waals surface area contributed by atoms with Gasteiger partial charge in [-0.05, 0) is 135 Å². The molecule has 0 saturated heterocycles. The number of amides is 11. The molecule has 46 heteroatoms. The number of H-pyrrole nitrogens is 5. The molecule has 137 heavy (non-hydrogen) atoms. The van der Waals surface area contributed by atoms with Gasteiger partial charge in [0, 0.05) is 157 Å². The predicted molar refractivity (Wildman–Crippen MR) is 521 cm³/mol. The summed E-state index contributed by atoms with van der Waals surface area (Å²) in [5.74, 6) is -12.2. The molecule has 0 aliphatic rings. The van der Waals surface area contributed by atoms with Gasteiger partial charge in [-0.2, -0.15) is 0 Å². The minimum absolute atomic E-state index is 0.00318. The molecule has 5 aromatic heterocycles. The molecule has 10 rings (SSSR count). The number of rotatable bonds is 55. The standard InChI is InChI=1S/C91H125N35O11/c92-59(22-11-33-106-86(94)95)76(128)122-70(39-49-44-112-60-23-6-1-17-54(49)60)84(136)126-73(42-52-47-115-63-26-9-4-20-57(52)63)83(135)121-67(30-14-36-109-89(100)101)78(130)118-68(31-15-37-110-90(102)103)79(131)123-72(41-51-46-114-62-25-8-3-19-56(51)62)82(134)120-66(29-13-35-108-88(98)99)77(129)119-69(32-16-38-111-91(104)105)80(132)124-74(43-53-48-116-64-27-10-5-21-58(53)64)85(137)125-71(40-50-45-113-61-24-7-2-18-55(50)61)81(133)117-65(75(93)127)28-12-34-107-87(96)97/h1-10,17-21,23-27,44-48,59,65-74,112-116H,11-16,22,28-43,92H2,(H2,93,127)(H,117,133)(H,118,130)(H,119,129)(H,120,134)(H,121,135)(H,122,128)(H,123,131)(H,124,132)(H,125,137)(H,126,136)(H4,94,95,106)(H4,96,97,107)(H4,98,99,108)(H4,100,101,109)(H4,102,103,110)(H4,104,105,111)/t59-,65-,66-,67-,68-,69-,70-,71-,72-,73-,74-/m0/s1. The van der Waals surface area contributed by atoms with E-state index < -0.39 is 155 Å². The third kappa shape index (κ3) is 31.4. The first-order chi connectivity index (χ1) is 65.7. The summed E-state index contributed by atoms with van der Waals surface area (Å²) in [5.41, 5.74) is 52.4. The van der Waals surface area contributed by atoms with Crippen molar-refractivity contribution >= 4 is 155 Å². The quantitative estimate of drug-likeness (QED) is 0.0110. The molecule has 46 nitrogen and oxygen atoms in total. The Kier molecular flexibility index (Phi) is 38.2. The minimum atomic E-state index is -1.65. The SMILES string of the molecule is N=C(N)NCCC[C@H](NC(=O)[C@H](Cc1c[nH]c2ccccc12)NC(=O)[C@H](Cc1c[nH]c2ccccc12)NC(=O)[C@H](CCCNC(=N)N)NC(=O)[C@H](CCCNC(=N)N)NC(=O)[C@H](Cc1c[nH]c2ccccc12)NC(=O)[C@H](CCCNC(=N)N)NC(=O)[C@H](CCCNC(=N)N)NC(=O)[C@H](Cc1c[nH]c2ccccc12)NC(=O)[C@H](Cc1c[nH]c2ccccc12)NC(=O)[C@@H](N)CCCNC(=N)N)C(N)=O. The third-order valence-electron chi connectivity index (χ3n) is 23.1. The molecule has 0 spiro atoms. The lowest BCUT2D eigenvalue weighted by atomic mass is 10.00. The Hall–Kier alpha value is -16.5. The second-order valence-electron chi connectivity index (χ2n) is 33.3. The smallest absolute Gasteiger partial charge is 0.243 e. The molecule has 11 amide bonds. The maximum Gasteiger partial charge on any atom is 0.243 e. The van der Waals surface area contributed by atoms with E-state index in [2.05, 4.69) is 110 Å². The largest absolute Gasteiger partial charge is 0.370 e. The number of carbonyl (C=O) groups excluding carboxylic acids is 11. The molecule has 10 aromatic rings. The molecule has 0 aliphatic carbocycles.